The number of unbranched alkanes of at least 4 members (excludes halogenated alkanes) is 5. The standard InChI is InChI=1S/C28H50O3S3/c1-11-12-13-14-15-16-17-18-28(19-32-22(29)25(2,3)4,20-33-23(30)26(5,6)7)21-34-24(31)27(8,9)10/h11H,1,12-21H2,2-10H3. The lowest BCUT2D eigenvalue weighted by atomic mass is 9.88. The highest BCUT2D eigenvalue weighted by atomic mass is 32.2. The molecule has 0 saturated carbocycles. The Morgan fingerprint density at radius 3 is 1.24 bits per heavy atom. The van der Waals surface area contributed by atoms with Crippen molar-refractivity contribution in [2.24, 2.45) is 21.7 Å². The Labute approximate surface area is 223 Å². The maximum absolute atomic E-state index is 12.8. The molecule has 0 unspecified atom stereocenters. The van der Waals surface area contributed by atoms with Gasteiger partial charge in [0.1, 0.15) is 0 Å². The molecule has 0 heterocycles. The first-order valence-corrected chi connectivity index (χ1v) is 15.5. The van der Waals surface area contributed by atoms with Crippen molar-refractivity contribution in [3.8, 4) is 0 Å². The average Bonchev–Trinajstić information content (AvgIpc) is 2.70. The van der Waals surface area contributed by atoms with Gasteiger partial charge >= 0.3 is 0 Å². The van der Waals surface area contributed by atoms with Crippen LogP contribution >= 0.6 is 35.3 Å². The Bertz CT molecular complexity index is 590. The van der Waals surface area contributed by atoms with Gasteiger partial charge < -0.3 is 0 Å². The minimum Gasteiger partial charge on any atom is -0.287 e. The molecule has 0 aromatic rings. The number of allylic oxidation sites excluding steroid dienone is 1. The fourth-order valence-corrected chi connectivity index (χ4v) is 7.01. The SMILES string of the molecule is C=CCCCCCCCC(CSC(=O)C(C)(C)C)(CSC(=O)C(C)(C)C)CSC(=O)C(C)(C)C. The Kier molecular flexibility index (Phi) is 15.1. The average molecular weight is 531 g/mol. The Morgan fingerprint density at radius 1 is 0.588 bits per heavy atom. The minimum atomic E-state index is -0.412. The van der Waals surface area contributed by atoms with E-state index in [1.807, 2.05) is 68.4 Å². The van der Waals surface area contributed by atoms with E-state index in [2.05, 4.69) is 6.58 Å². The molecule has 0 aliphatic heterocycles. The zero-order valence-corrected chi connectivity index (χ0v) is 25.8. The van der Waals surface area contributed by atoms with E-state index in [1.165, 1.54) is 54.5 Å². The first-order valence-electron chi connectivity index (χ1n) is 12.6. The summed E-state index contributed by atoms with van der Waals surface area (Å²) in [6.45, 7) is 21.3. The van der Waals surface area contributed by atoms with E-state index >= 15 is 0 Å². The van der Waals surface area contributed by atoms with Crippen molar-refractivity contribution in [2.75, 3.05) is 17.3 Å². The number of hydrogen-bond acceptors (Lipinski definition) is 6. The highest BCUT2D eigenvalue weighted by Crippen LogP contribution is 2.41. The van der Waals surface area contributed by atoms with Crippen LogP contribution in [0.5, 0.6) is 0 Å². The van der Waals surface area contributed by atoms with Crippen LogP contribution in [-0.2, 0) is 14.4 Å². The molecule has 0 aliphatic carbocycles. The Hall–Kier alpha value is -0.200. The van der Waals surface area contributed by atoms with E-state index in [-0.39, 0.29) is 20.8 Å². The van der Waals surface area contributed by atoms with E-state index in [9.17, 15) is 14.4 Å². The van der Waals surface area contributed by atoms with Gasteiger partial charge in [-0.25, -0.2) is 0 Å². The first-order chi connectivity index (χ1) is 15.4. The van der Waals surface area contributed by atoms with Crippen LogP contribution in [0.2, 0.25) is 0 Å². The van der Waals surface area contributed by atoms with Crippen molar-refractivity contribution in [1.29, 1.82) is 0 Å². The molecule has 6 heteroatoms. The first kappa shape index (κ1) is 33.8. The normalized spacial score (nSPS) is 13.1. The topological polar surface area (TPSA) is 51.2 Å². The molecule has 0 N–H and O–H groups in total. The van der Waals surface area contributed by atoms with E-state index in [0.29, 0.717) is 17.3 Å². The highest BCUT2D eigenvalue weighted by molar-refractivity contribution is 8.15. The predicted octanol–water partition coefficient (Wildman–Crippen LogP) is 8.81. The Morgan fingerprint density at radius 2 is 0.912 bits per heavy atom. The van der Waals surface area contributed by atoms with Gasteiger partial charge in [0.25, 0.3) is 0 Å². The summed E-state index contributed by atoms with van der Waals surface area (Å²) in [4.78, 5) is 38.4. The molecule has 0 aromatic heterocycles. The molecule has 0 rings (SSSR count). The molecule has 3 nitrogen and oxygen atoms in total. The van der Waals surface area contributed by atoms with Gasteiger partial charge in [0.05, 0.1) is 0 Å². The van der Waals surface area contributed by atoms with Gasteiger partial charge in [-0.05, 0) is 24.7 Å². The van der Waals surface area contributed by atoms with Gasteiger partial charge in [0.15, 0.2) is 15.3 Å². The summed E-state index contributed by atoms with van der Waals surface area (Å²) in [5.41, 5.74) is -1.48. The summed E-state index contributed by atoms with van der Waals surface area (Å²) in [7, 11) is 0. The Balaban J connectivity index is 5.60. The van der Waals surface area contributed by atoms with Crippen LogP contribution in [0.15, 0.2) is 12.7 Å². The van der Waals surface area contributed by atoms with Gasteiger partial charge in [-0.1, -0.05) is 129 Å². The number of rotatable bonds is 14. The number of thioether (sulfide) groups is 3. The van der Waals surface area contributed by atoms with Crippen LogP contribution in [0, 0.1) is 21.7 Å². The van der Waals surface area contributed by atoms with E-state index in [4.69, 9.17) is 0 Å². The van der Waals surface area contributed by atoms with Crippen LogP contribution in [-0.4, -0.2) is 32.6 Å². The summed E-state index contributed by atoms with van der Waals surface area (Å²) in [5, 5.41) is 0.502. The van der Waals surface area contributed by atoms with Gasteiger partial charge in [-0.2, -0.15) is 0 Å². The monoisotopic (exact) mass is 530 g/mol. The molecule has 0 radical (unpaired) electrons. The second-order valence-electron chi connectivity index (χ2n) is 12.6. The van der Waals surface area contributed by atoms with Crippen molar-refractivity contribution >= 4 is 50.6 Å². The smallest absolute Gasteiger partial charge is 0.194 e. The summed E-state index contributed by atoms with van der Waals surface area (Å²) in [6, 6.07) is 0. The lowest BCUT2D eigenvalue weighted by Crippen LogP contribution is -2.34. The van der Waals surface area contributed by atoms with Crippen LogP contribution < -0.4 is 0 Å². The van der Waals surface area contributed by atoms with Crippen molar-refractivity contribution in [3.05, 3.63) is 12.7 Å². The molecule has 198 valence electrons. The fourth-order valence-electron chi connectivity index (χ4n) is 2.97. The van der Waals surface area contributed by atoms with E-state index < -0.39 is 16.2 Å². The number of carbonyl (C=O) groups is 3. The lowest BCUT2D eigenvalue weighted by Gasteiger charge is -2.35. The van der Waals surface area contributed by atoms with Crippen molar-refractivity contribution in [1.82, 2.24) is 0 Å². The third-order valence-electron chi connectivity index (χ3n) is 5.48. The van der Waals surface area contributed by atoms with E-state index in [0.717, 1.165) is 25.7 Å². The van der Waals surface area contributed by atoms with Crippen LogP contribution in [0.25, 0.3) is 0 Å². The van der Waals surface area contributed by atoms with Crippen molar-refractivity contribution < 1.29 is 14.4 Å². The van der Waals surface area contributed by atoms with Gasteiger partial charge in [-0.3, -0.25) is 14.4 Å². The molecule has 0 saturated heterocycles. The number of hydrogen-bond donors (Lipinski definition) is 0. The lowest BCUT2D eigenvalue weighted by molar-refractivity contribution is -0.118. The molecule has 0 amide bonds. The van der Waals surface area contributed by atoms with E-state index in [1.54, 1.807) is 0 Å². The molecule has 0 spiro atoms. The van der Waals surface area contributed by atoms with Gasteiger partial charge in [0.2, 0.25) is 0 Å². The molecule has 0 atom stereocenters. The summed E-state index contributed by atoms with van der Waals surface area (Å²) in [6.07, 6.45) is 9.70. The molecule has 0 aromatic carbocycles. The molecular weight excluding hydrogens is 481 g/mol. The second-order valence-corrected chi connectivity index (χ2v) is 15.4. The highest BCUT2D eigenvalue weighted by Gasteiger charge is 2.37. The minimum absolute atomic E-state index is 0.167. The van der Waals surface area contributed by atoms with Gasteiger partial charge in [-0.15, -0.1) is 6.58 Å². The summed E-state index contributed by atoms with van der Waals surface area (Å²) in [5.74, 6) is 1.94. The van der Waals surface area contributed by atoms with Crippen LogP contribution in [0.1, 0.15) is 107 Å². The van der Waals surface area contributed by atoms with Gasteiger partial charge in [0, 0.05) is 33.5 Å². The maximum Gasteiger partial charge on any atom is 0.194 e. The summed E-state index contributed by atoms with van der Waals surface area (Å²) < 4.78 is 0. The zero-order chi connectivity index (χ0) is 26.6. The van der Waals surface area contributed by atoms with Crippen LogP contribution in [0.3, 0.4) is 0 Å². The molecule has 0 bridgehead atoms. The zero-order valence-electron chi connectivity index (χ0n) is 23.3. The number of carbonyl (C=O) groups excluding carboxylic acids is 3. The predicted molar refractivity (Wildman–Crippen MR) is 156 cm³/mol. The maximum atomic E-state index is 12.8. The fraction of sp³-hybridized carbons (Fsp3) is 0.821. The third kappa shape index (κ3) is 14.4. The largest absolute Gasteiger partial charge is 0.287 e. The van der Waals surface area contributed by atoms with Crippen molar-refractivity contribution in [3.63, 3.8) is 0 Å². The third-order valence-corrected chi connectivity index (χ3v) is 10.4. The molecule has 34 heavy (non-hydrogen) atoms. The second kappa shape index (κ2) is 15.1. The van der Waals surface area contributed by atoms with Crippen molar-refractivity contribution in [2.45, 2.75) is 107 Å². The van der Waals surface area contributed by atoms with Crippen LogP contribution in [0.4, 0.5) is 0 Å². The summed E-state index contributed by atoms with van der Waals surface area (Å²) >= 11 is 4.15. The quantitative estimate of drug-likeness (QED) is 0.165. The molecule has 0 aliphatic rings. The molecular formula is C28H50O3S3. The molecule has 0 fully saturated rings.